The summed E-state index contributed by atoms with van der Waals surface area (Å²) < 4.78 is 0. The zero-order valence-electron chi connectivity index (χ0n) is 21.6. The van der Waals surface area contributed by atoms with Crippen molar-refractivity contribution in [3.05, 3.63) is 46.1 Å². The molecule has 192 valence electrons. The van der Waals surface area contributed by atoms with Gasteiger partial charge in [-0.15, -0.1) is 0 Å². The van der Waals surface area contributed by atoms with E-state index in [2.05, 4.69) is 29.3 Å². The summed E-state index contributed by atoms with van der Waals surface area (Å²) in [5, 5.41) is 4.51. The molecule has 1 unspecified atom stereocenters. The summed E-state index contributed by atoms with van der Waals surface area (Å²) in [6.07, 6.45) is 3.20. The number of amides is 2. The molecule has 2 aliphatic heterocycles. The maximum Gasteiger partial charge on any atom is 0.273 e. The zero-order valence-corrected chi connectivity index (χ0v) is 22.3. The highest BCUT2D eigenvalue weighted by Crippen LogP contribution is 2.43. The molecule has 36 heavy (non-hydrogen) atoms. The van der Waals surface area contributed by atoms with Gasteiger partial charge in [0.25, 0.3) is 5.91 Å². The van der Waals surface area contributed by atoms with Crippen LogP contribution in [0, 0.1) is 0 Å². The van der Waals surface area contributed by atoms with Gasteiger partial charge in [0.1, 0.15) is 11.5 Å². The second-order valence-corrected chi connectivity index (χ2v) is 11.2. The number of nitrogens with zero attached hydrogens (tertiary/aromatic N) is 5. The van der Waals surface area contributed by atoms with Crippen LogP contribution in [0.25, 0.3) is 0 Å². The van der Waals surface area contributed by atoms with Crippen molar-refractivity contribution >= 4 is 35.2 Å². The topological polar surface area (TPSA) is 81.7 Å². The minimum absolute atomic E-state index is 0.0408. The smallest absolute Gasteiger partial charge is 0.273 e. The van der Waals surface area contributed by atoms with Gasteiger partial charge in [-0.2, -0.15) is 4.98 Å². The maximum atomic E-state index is 13.3. The lowest BCUT2D eigenvalue weighted by atomic mass is 9.78. The van der Waals surface area contributed by atoms with Crippen LogP contribution in [0.15, 0.2) is 24.3 Å². The average molecular weight is 511 g/mol. The van der Waals surface area contributed by atoms with E-state index in [1.165, 1.54) is 5.56 Å². The summed E-state index contributed by atoms with van der Waals surface area (Å²) in [6, 6.07) is 8.40. The van der Waals surface area contributed by atoms with Crippen LogP contribution in [-0.4, -0.2) is 69.8 Å². The number of anilines is 2. The summed E-state index contributed by atoms with van der Waals surface area (Å²) in [4.78, 5) is 40.6. The number of nitrogens with one attached hydrogen (secondary N) is 1. The highest BCUT2D eigenvalue weighted by molar-refractivity contribution is 6.30. The molecule has 1 aromatic carbocycles. The van der Waals surface area contributed by atoms with Crippen LogP contribution in [0.5, 0.6) is 0 Å². The summed E-state index contributed by atoms with van der Waals surface area (Å²) in [5.41, 5.74) is 2.56. The molecule has 1 N–H and O–H groups in total. The number of carbonyl (C=O) groups is 2. The number of halogens is 1. The molecule has 0 radical (unpaired) electrons. The number of rotatable bonds is 5. The minimum atomic E-state index is -0.0734. The van der Waals surface area contributed by atoms with Crippen LogP contribution in [-0.2, 0) is 16.8 Å². The molecule has 9 heteroatoms. The van der Waals surface area contributed by atoms with Crippen molar-refractivity contribution in [2.75, 3.05) is 36.4 Å². The molecule has 1 aliphatic carbocycles. The Balaban J connectivity index is 1.48. The molecule has 1 saturated heterocycles. The Kier molecular flexibility index (Phi) is 6.57. The molecule has 5 rings (SSSR count). The van der Waals surface area contributed by atoms with Crippen LogP contribution >= 0.6 is 11.6 Å². The van der Waals surface area contributed by atoms with Gasteiger partial charge in [-0.1, -0.05) is 37.1 Å². The molecule has 2 atom stereocenters. The minimum Gasteiger partial charge on any atom is -0.366 e. The molecule has 0 bridgehead atoms. The van der Waals surface area contributed by atoms with Gasteiger partial charge < -0.3 is 20.0 Å². The van der Waals surface area contributed by atoms with Gasteiger partial charge in [-0.3, -0.25) is 9.59 Å². The van der Waals surface area contributed by atoms with Crippen molar-refractivity contribution in [3.8, 4) is 0 Å². The first kappa shape index (κ1) is 24.8. The highest BCUT2D eigenvalue weighted by Gasteiger charge is 2.42. The number of hydrogen-bond acceptors (Lipinski definition) is 6. The van der Waals surface area contributed by atoms with E-state index < -0.39 is 0 Å². The Bertz CT molecular complexity index is 1160. The van der Waals surface area contributed by atoms with Crippen LogP contribution in [0.3, 0.4) is 0 Å². The number of aromatic nitrogens is 2. The number of carbonyl (C=O) groups excluding carboxylic acids is 2. The SMILES string of the molecule is CC(=O)N1CCN(c2nc(NC3CCC[C@@]3(C)c3ccc(Cl)cc3)c3c(n2)C(=O)N(C(C)C)C3)CC1. The lowest BCUT2D eigenvalue weighted by Gasteiger charge is -2.35. The number of fused-ring (bicyclic) bond motifs is 1. The molecule has 1 saturated carbocycles. The van der Waals surface area contributed by atoms with Crippen LogP contribution in [0.1, 0.15) is 68.6 Å². The Morgan fingerprint density at radius 2 is 1.83 bits per heavy atom. The second kappa shape index (κ2) is 9.54. The molecule has 8 nitrogen and oxygen atoms in total. The van der Waals surface area contributed by atoms with Crippen molar-refractivity contribution in [2.24, 2.45) is 0 Å². The van der Waals surface area contributed by atoms with Crippen molar-refractivity contribution < 1.29 is 9.59 Å². The van der Waals surface area contributed by atoms with E-state index in [0.717, 1.165) is 35.7 Å². The predicted molar refractivity (Wildman–Crippen MR) is 142 cm³/mol. The monoisotopic (exact) mass is 510 g/mol. The largest absolute Gasteiger partial charge is 0.366 e. The van der Waals surface area contributed by atoms with Crippen molar-refractivity contribution in [3.63, 3.8) is 0 Å². The normalized spacial score (nSPS) is 24.0. The first-order valence-electron chi connectivity index (χ1n) is 12.9. The van der Waals surface area contributed by atoms with Gasteiger partial charge in [-0.05, 0) is 44.4 Å². The fourth-order valence-corrected chi connectivity index (χ4v) is 5.94. The van der Waals surface area contributed by atoms with Crippen LogP contribution in [0.4, 0.5) is 11.8 Å². The Morgan fingerprint density at radius 1 is 1.14 bits per heavy atom. The van der Waals surface area contributed by atoms with Gasteiger partial charge in [0.15, 0.2) is 0 Å². The summed E-state index contributed by atoms with van der Waals surface area (Å²) in [6.45, 7) is 11.0. The molecule has 2 fully saturated rings. The molecule has 3 aliphatic rings. The van der Waals surface area contributed by atoms with Gasteiger partial charge >= 0.3 is 0 Å². The molecular weight excluding hydrogens is 476 g/mol. The van der Waals surface area contributed by atoms with E-state index in [1.807, 2.05) is 35.8 Å². The third-order valence-electron chi connectivity index (χ3n) is 8.19. The van der Waals surface area contributed by atoms with E-state index >= 15 is 0 Å². The molecule has 1 aromatic heterocycles. The van der Waals surface area contributed by atoms with Crippen molar-refractivity contribution in [1.29, 1.82) is 0 Å². The summed E-state index contributed by atoms with van der Waals surface area (Å²) in [5.74, 6) is 1.36. The number of piperazine rings is 1. The van der Waals surface area contributed by atoms with Gasteiger partial charge in [0.2, 0.25) is 11.9 Å². The van der Waals surface area contributed by atoms with E-state index in [0.29, 0.717) is 44.4 Å². The highest BCUT2D eigenvalue weighted by atomic mass is 35.5. The molecular formula is C27H35ClN6O2. The molecule has 2 aromatic rings. The van der Waals surface area contributed by atoms with Crippen LogP contribution in [0.2, 0.25) is 5.02 Å². The quantitative estimate of drug-likeness (QED) is 0.652. The van der Waals surface area contributed by atoms with Gasteiger partial charge in [0, 0.05) is 61.2 Å². The molecule has 0 spiro atoms. The van der Waals surface area contributed by atoms with E-state index in [1.54, 1.807) is 6.92 Å². The molecule has 3 heterocycles. The van der Waals surface area contributed by atoms with Gasteiger partial charge in [0.05, 0.1) is 6.54 Å². The lowest BCUT2D eigenvalue weighted by molar-refractivity contribution is -0.129. The predicted octanol–water partition coefficient (Wildman–Crippen LogP) is 4.09. The van der Waals surface area contributed by atoms with Gasteiger partial charge in [-0.25, -0.2) is 4.98 Å². The Hall–Kier alpha value is -2.87. The zero-order chi connectivity index (χ0) is 25.6. The second-order valence-electron chi connectivity index (χ2n) is 10.7. The number of benzene rings is 1. The third-order valence-corrected chi connectivity index (χ3v) is 8.44. The lowest BCUT2D eigenvalue weighted by Crippen LogP contribution is -2.48. The Morgan fingerprint density at radius 3 is 2.47 bits per heavy atom. The fraction of sp³-hybridized carbons (Fsp3) is 0.556. The first-order valence-corrected chi connectivity index (χ1v) is 13.3. The van der Waals surface area contributed by atoms with Crippen molar-refractivity contribution in [1.82, 2.24) is 19.8 Å². The van der Waals surface area contributed by atoms with E-state index in [4.69, 9.17) is 21.6 Å². The standard InChI is InChI=1S/C27H35ClN6O2/c1-17(2)34-16-21-23(25(34)36)30-26(33-14-12-32(13-15-33)18(3)35)31-24(21)29-22-6-5-11-27(22,4)19-7-9-20(28)10-8-19/h7-10,17,22H,5-6,11-16H2,1-4H3,(H,29,30,31)/t22?,27-/m0/s1. The third kappa shape index (κ3) is 4.40. The number of hydrogen-bond donors (Lipinski definition) is 1. The van der Waals surface area contributed by atoms with Crippen LogP contribution < -0.4 is 10.2 Å². The Labute approximate surface area is 218 Å². The fourth-order valence-electron chi connectivity index (χ4n) is 5.82. The molecule has 2 amide bonds. The van der Waals surface area contributed by atoms with E-state index in [-0.39, 0.29) is 29.3 Å². The summed E-state index contributed by atoms with van der Waals surface area (Å²) in [7, 11) is 0. The first-order chi connectivity index (χ1) is 17.2. The average Bonchev–Trinajstić information content (AvgIpc) is 3.40. The van der Waals surface area contributed by atoms with E-state index in [9.17, 15) is 9.59 Å². The van der Waals surface area contributed by atoms with Crippen molar-refractivity contribution in [2.45, 2.75) is 71.0 Å². The summed E-state index contributed by atoms with van der Waals surface area (Å²) >= 11 is 6.17. The maximum absolute atomic E-state index is 13.3.